The molecule has 0 heterocycles. The number of Topliss-reactive ketones (excluding diaryl/α,β-unsaturated/α-hetero) is 1. The minimum atomic E-state index is -4.16. The van der Waals surface area contributed by atoms with Crippen molar-refractivity contribution in [2.24, 2.45) is 0 Å². The van der Waals surface area contributed by atoms with Crippen LogP contribution < -0.4 is 0 Å². The molecule has 0 aliphatic heterocycles. The van der Waals surface area contributed by atoms with Crippen molar-refractivity contribution >= 4 is 27.7 Å². The van der Waals surface area contributed by atoms with Gasteiger partial charge in [0.2, 0.25) is 5.78 Å². The van der Waals surface area contributed by atoms with Crippen molar-refractivity contribution in [3.63, 3.8) is 0 Å². The van der Waals surface area contributed by atoms with Crippen LogP contribution in [0.3, 0.4) is 0 Å². The van der Waals surface area contributed by atoms with Gasteiger partial charge in [0, 0.05) is 10.0 Å². The number of alkyl halides is 2. The lowest BCUT2D eigenvalue weighted by Gasteiger charge is -2.14. The summed E-state index contributed by atoms with van der Waals surface area (Å²) in [6.45, 7) is 4.54. The van der Waals surface area contributed by atoms with Gasteiger partial charge in [-0.2, -0.15) is 8.78 Å². The van der Waals surface area contributed by atoms with Gasteiger partial charge in [-0.15, -0.1) is 0 Å². The Morgan fingerprint density at radius 1 is 1.26 bits per heavy atom. The molecule has 3 nitrogen and oxygen atoms in total. The maximum absolute atomic E-state index is 13.6. The van der Waals surface area contributed by atoms with E-state index in [-0.39, 0.29) is 12.2 Å². The molecule has 104 valence electrons. The lowest BCUT2D eigenvalue weighted by atomic mass is 10.0. The van der Waals surface area contributed by atoms with E-state index in [2.05, 4.69) is 20.7 Å². The Kier molecular flexibility index (Phi) is 4.79. The third-order valence-electron chi connectivity index (χ3n) is 2.52. The summed E-state index contributed by atoms with van der Waals surface area (Å²) in [5.41, 5.74) is 1.07. The van der Waals surface area contributed by atoms with E-state index in [1.165, 1.54) is 19.1 Å². The second-order valence-electron chi connectivity index (χ2n) is 4.05. The monoisotopic (exact) mass is 334 g/mol. The van der Waals surface area contributed by atoms with Gasteiger partial charge in [-0.05, 0) is 44.0 Å². The standard InChI is InChI=1S/C13H13BrF2O3/c1-4-19-12(18)13(15,16)11(17)9-5-7(2)10(14)8(3)6-9/h5-6H,4H2,1-3H3. The number of ketones is 1. The van der Waals surface area contributed by atoms with E-state index in [0.717, 1.165) is 4.47 Å². The van der Waals surface area contributed by atoms with E-state index in [9.17, 15) is 18.4 Å². The molecule has 0 amide bonds. The van der Waals surface area contributed by atoms with Crippen molar-refractivity contribution in [2.75, 3.05) is 6.61 Å². The van der Waals surface area contributed by atoms with E-state index in [1.54, 1.807) is 13.8 Å². The molecule has 0 saturated carbocycles. The van der Waals surface area contributed by atoms with Crippen molar-refractivity contribution in [2.45, 2.75) is 26.7 Å². The molecule has 1 rings (SSSR count). The van der Waals surface area contributed by atoms with Gasteiger partial charge < -0.3 is 4.74 Å². The van der Waals surface area contributed by atoms with E-state index < -0.39 is 17.7 Å². The highest BCUT2D eigenvalue weighted by molar-refractivity contribution is 9.10. The molecule has 1 aromatic rings. The molecule has 0 aromatic heterocycles. The Balaban J connectivity index is 3.16. The predicted molar refractivity (Wildman–Crippen MR) is 69.5 cm³/mol. The van der Waals surface area contributed by atoms with Crippen LogP contribution in [0.15, 0.2) is 16.6 Å². The van der Waals surface area contributed by atoms with Crippen molar-refractivity contribution in [3.8, 4) is 0 Å². The Hall–Kier alpha value is -1.30. The maximum atomic E-state index is 13.6. The molecule has 0 radical (unpaired) electrons. The molecule has 0 aliphatic rings. The highest BCUT2D eigenvalue weighted by Gasteiger charge is 2.49. The smallest absolute Gasteiger partial charge is 0.404 e. The lowest BCUT2D eigenvalue weighted by molar-refractivity contribution is -0.164. The van der Waals surface area contributed by atoms with Gasteiger partial charge in [0.15, 0.2) is 0 Å². The third-order valence-corrected chi connectivity index (χ3v) is 3.77. The summed E-state index contributed by atoms with van der Waals surface area (Å²) in [5.74, 6) is -7.54. The van der Waals surface area contributed by atoms with Crippen LogP contribution >= 0.6 is 15.9 Å². The number of carbonyl (C=O) groups excluding carboxylic acids is 2. The number of rotatable bonds is 4. The predicted octanol–water partition coefficient (Wildman–Crippen LogP) is 3.45. The van der Waals surface area contributed by atoms with Crippen LogP contribution in [0.1, 0.15) is 28.4 Å². The van der Waals surface area contributed by atoms with Crippen LogP contribution in [-0.4, -0.2) is 24.3 Å². The summed E-state index contributed by atoms with van der Waals surface area (Å²) in [4.78, 5) is 22.8. The van der Waals surface area contributed by atoms with Crippen LogP contribution in [0.2, 0.25) is 0 Å². The Morgan fingerprint density at radius 2 is 1.74 bits per heavy atom. The minimum absolute atomic E-state index is 0.208. The van der Waals surface area contributed by atoms with Gasteiger partial charge in [0.1, 0.15) is 0 Å². The average molecular weight is 335 g/mol. The first-order chi connectivity index (χ1) is 8.71. The summed E-state index contributed by atoms with van der Waals surface area (Å²) in [6.07, 6.45) is 0. The molecule has 0 saturated heterocycles. The summed E-state index contributed by atoms with van der Waals surface area (Å²) >= 11 is 3.28. The maximum Gasteiger partial charge on any atom is 0.404 e. The fourth-order valence-corrected chi connectivity index (χ4v) is 1.80. The molecule has 0 bridgehead atoms. The number of hydrogen-bond acceptors (Lipinski definition) is 3. The second-order valence-corrected chi connectivity index (χ2v) is 4.84. The first-order valence-corrected chi connectivity index (χ1v) is 6.37. The summed E-state index contributed by atoms with van der Waals surface area (Å²) in [6, 6.07) is 2.62. The number of aryl methyl sites for hydroxylation is 2. The number of carbonyl (C=O) groups is 2. The molecule has 0 spiro atoms. The molecule has 0 unspecified atom stereocenters. The zero-order chi connectivity index (χ0) is 14.8. The largest absolute Gasteiger partial charge is 0.461 e. The SMILES string of the molecule is CCOC(=O)C(F)(F)C(=O)c1cc(C)c(Br)c(C)c1. The molecule has 0 fully saturated rings. The van der Waals surface area contributed by atoms with Gasteiger partial charge in [-0.3, -0.25) is 4.79 Å². The molecular formula is C13H13BrF2O3. The van der Waals surface area contributed by atoms with E-state index in [4.69, 9.17) is 0 Å². The summed E-state index contributed by atoms with van der Waals surface area (Å²) < 4.78 is 32.2. The third kappa shape index (κ3) is 3.18. The van der Waals surface area contributed by atoms with E-state index in [0.29, 0.717) is 11.1 Å². The molecule has 19 heavy (non-hydrogen) atoms. The quantitative estimate of drug-likeness (QED) is 0.481. The zero-order valence-corrected chi connectivity index (χ0v) is 12.3. The second kappa shape index (κ2) is 5.77. The zero-order valence-electron chi connectivity index (χ0n) is 10.7. The Morgan fingerprint density at radius 3 is 2.16 bits per heavy atom. The van der Waals surface area contributed by atoms with Gasteiger partial charge in [-0.25, -0.2) is 4.79 Å². The highest BCUT2D eigenvalue weighted by Crippen LogP contribution is 2.27. The van der Waals surface area contributed by atoms with Crippen LogP contribution in [0, 0.1) is 13.8 Å². The van der Waals surface area contributed by atoms with E-state index >= 15 is 0 Å². The molecule has 0 atom stereocenters. The van der Waals surface area contributed by atoms with Crippen LogP contribution in [-0.2, 0) is 9.53 Å². The van der Waals surface area contributed by atoms with Gasteiger partial charge >= 0.3 is 11.9 Å². The van der Waals surface area contributed by atoms with Crippen LogP contribution in [0.4, 0.5) is 8.78 Å². The Bertz CT molecular complexity index is 504. The van der Waals surface area contributed by atoms with Crippen molar-refractivity contribution in [1.29, 1.82) is 0 Å². The molecule has 1 aromatic carbocycles. The number of benzene rings is 1. The normalized spacial score (nSPS) is 11.3. The fraction of sp³-hybridized carbons (Fsp3) is 0.385. The van der Waals surface area contributed by atoms with Crippen molar-refractivity contribution in [1.82, 2.24) is 0 Å². The molecule has 6 heteroatoms. The summed E-state index contributed by atoms with van der Waals surface area (Å²) in [5, 5.41) is 0. The van der Waals surface area contributed by atoms with Gasteiger partial charge in [0.05, 0.1) is 6.61 Å². The first-order valence-electron chi connectivity index (χ1n) is 5.58. The number of hydrogen-bond donors (Lipinski definition) is 0. The molecular weight excluding hydrogens is 322 g/mol. The van der Waals surface area contributed by atoms with Crippen molar-refractivity contribution in [3.05, 3.63) is 33.3 Å². The topological polar surface area (TPSA) is 43.4 Å². The number of esters is 1. The first kappa shape index (κ1) is 15.8. The minimum Gasteiger partial charge on any atom is -0.461 e. The van der Waals surface area contributed by atoms with Gasteiger partial charge in [-0.1, -0.05) is 15.9 Å². The Labute approximate surface area is 118 Å². The fourth-order valence-electron chi connectivity index (χ4n) is 1.57. The highest BCUT2D eigenvalue weighted by atomic mass is 79.9. The van der Waals surface area contributed by atoms with E-state index in [1.807, 2.05) is 0 Å². The van der Waals surface area contributed by atoms with Crippen LogP contribution in [0.25, 0.3) is 0 Å². The number of ether oxygens (including phenoxy) is 1. The number of halogens is 3. The molecule has 0 N–H and O–H groups in total. The lowest BCUT2D eigenvalue weighted by Crippen LogP contribution is -2.39. The van der Waals surface area contributed by atoms with Crippen molar-refractivity contribution < 1.29 is 23.1 Å². The summed E-state index contributed by atoms with van der Waals surface area (Å²) in [7, 11) is 0. The average Bonchev–Trinajstić information content (AvgIpc) is 2.34. The van der Waals surface area contributed by atoms with Gasteiger partial charge in [0.25, 0.3) is 0 Å². The molecule has 0 aliphatic carbocycles. The van der Waals surface area contributed by atoms with Crippen LogP contribution in [0.5, 0.6) is 0 Å².